The number of rotatable bonds is 3. The molecule has 0 saturated heterocycles. The molecule has 0 aliphatic heterocycles. The van der Waals surface area contributed by atoms with Crippen LogP contribution in [0, 0.1) is 11.3 Å². The first-order valence-corrected chi connectivity index (χ1v) is 4.07. The Morgan fingerprint density at radius 2 is 2.29 bits per heavy atom. The summed E-state index contributed by atoms with van der Waals surface area (Å²) in [6, 6.07) is 8.97. The molecule has 0 amide bonds. The van der Waals surface area contributed by atoms with Gasteiger partial charge in [-0.05, 0) is 19.1 Å². The van der Waals surface area contributed by atoms with Crippen molar-refractivity contribution in [3.63, 3.8) is 0 Å². The van der Waals surface area contributed by atoms with Crippen molar-refractivity contribution in [2.75, 3.05) is 6.61 Å². The lowest BCUT2D eigenvalue weighted by Gasteiger charge is -2.06. The van der Waals surface area contributed by atoms with Crippen LogP contribution in [0.2, 0.25) is 0 Å². The van der Waals surface area contributed by atoms with Gasteiger partial charge in [0.2, 0.25) is 0 Å². The SMILES string of the molecule is C/C(=N\O)c1ccccc1OCC#N. The summed E-state index contributed by atoms with van der Waals surface area (Å²) in [5, 5.41) is 20.0. The lowest BCUT2D eigenvalue weighted by Crippen LogP contribution is -2.01. The third-order valence-corrected chi connectivity index (χ3v) is 1.72. The highest BCUT2D eigenvalue weighted by Crippen LogP contribution is 2.18. The molecule has 0 aliphatic rings. The van der Waals surface area contributed by atoms with Gasteiger partial charge < -0.3 is 9.94 Å². The van der Waals surface area contributed by atoms with Gasteiger partial charge in [-0.1, -0.05) is 17.3 Å². The molecule has 0 fully saturated rings. The normalized spacial score (nSPS) is 10.7. The Morgan fingerprint density at radius 3 is 2.93 bits per heavy atom. The van der Waals surface area contributed by atoms with Crippen molar-refractivity contribution in [2.45, 2.75) is 6.92 Å². The summed E-state index contributed by atoms with van der Waals surface area (Å²) in [5.74, 6) is 0.546. The van der Waals surface area contributed by atoms with Gasteiger partial charge in [-0.15, -0.1) is 0 Å². The quantitative estimate of drug-likeness (QED) is 0.449. The molecule has 1 N–H and O–H groups in total. The average Bonchev–Trinajstić information content (AvgIpc) is 2.25. The van der Waals surface area contributed by atoms with Crippen LogP contribution < -0.4 is 4.74 Å². The Labute approximate surface area is 82.0 Å². The highest BCUT2D eigenvalue weighted by atomic mass is 16.5. The lowest BCUT2D eigenvalue weighted by molar-refractivity contribution is 0.318. The fraction of sp³-hybridized carbons (Fsp3) is 0.200. The second-order valence-corrected chi connectivity index (χ2v) is 2.63. The third kappa shape index (κ3) is 2.23. The van der Waals surface area contributed by atoms with Gasteiger partial charge >= 0.3 is 0 Å². The second kappa shape index (κ2) is 4.87. The van der Waals surface area contributed by atoms with Gasteiger partial charge in [0, 0.05) is 5.56 Å². The molecule has 0 heterocycles. The molecule has 0 aromatic heterocycles. The molecule has 4 nitrogen and oxygen atoms in total. The monoisotopic (exact) mass is 190 g/mol. The molecule has 0 saturated carbocycles. The smallest absolute Gasteiger partial charge is 0.174 e. The molecule has 1 rings (SSSR count). The summed E-state index contributed by atoms with van der Waals surface area (Å²) in [7, 11) is 0. The highest BCUT2D eigenvalue weighted by Gasteiger charge is 2.05. The maximum atomic E-state index is 8.61. The number of para-hydroxylation sites is 1. The molecule has 0 spiro atoms. The van der Waals surface area contributed by atoms with Crippen LogP contribution in [0.25, 0.3) is 0 Å². The van der Waals surface area contributed by atoms with Crippen LogP contribution >= 0.6 is 0 Å². The number of hydrogen-bond donors (Lipinski definition) is 1. The molecule has 0 bridgehead atoms. The Balaban J connectivity index is 2.98. The van der Waals surface area contributed by atoms with Crippen molar-refractivity contribution >= 4 is 5.71 Å². The van der Waals surface area contributed by atoms with Crippen LogP contribution in [-0.4, -0.2) is 17.5 Å². The minimum atomic E-state index is -0.0181. The van der Waals surface area contributed by atoms with Crippen LogP contribution in [-0.2, 0) is 0 Å². The topological polar surface area (TPSA) is 65.6 Å². The Morgan fingerprint density at radius 1 is 1.57 bits per heavy atom. The first-order chi connectivity index (χ1) is 6.79. The maximum Gasteiger partial charge on any atom is 0.174 e. The van der Waals surface area contributed by atoms with E-state index in [1.807, 2.05) is 12.1 Å². The zero-order valence-corrected chi connectivity index (χ0v) is 7.77. The number of nitriles is 1. The number of hydrogen-bond acceptors (Lipinski definition) is 4. The van der Waals surface area contributed by atoms with E-state index in [9.17, 15) is 0 Å². The predicted octanol–water partition coefficient (Wildman–Crippen LogP) is 1.79. The molecular weight excluding hydrogens is 180 g/mol. The summed E-state index contributed by atoms with van der Waals surface area (Å²) in [4.78, 5) is 0. The molecular formula is C10H10N2O2. The summed E-state index contributed by atoms with van der Waals surface area (Å²) in [5.41, 5.74) is 1.14. The lowest BCUT2D eigenvalue weighted by atomic mass is 10.1. The van der Waals surface area contributed by atoms with Crippen molar-refractivity contribution < 1.29 is 9.94 Å². The van der Waals surface area contributed by atoms with E-state index in [4.69, 9.17) is 15.2 Å². The largest absolute Gasteiger partial charge is 0.478 e. The average molecular weight is 190 g/mol. The van der Waals surface area contributed by atoms with Crippen molar-refractivity contribution in [1.82, 2.24) is 0 Å². The summed E-state index contributed by atoms with van der Waals surface area (Å²) < 4.78 is 5.16. The molecule has 1 aromatic rings. The van der Waals surface area contributed by atoms with Crippen LogP contribution in [0.1, 0.15) is 12.5 Å². The van der Waals surface area contributed by atoms with Gasteiger partial charge in [0.25, 0.3) is 0 Å². The van der Waals surface area contributed by atoms with Crippen LogP contribution in [0.15, 0.2) is 29.4 Å². The van der Waals surface area contributed by atoms with Crippen molar-refractivity contribution in [1.29, 1.82) is 5.26 Å². The number of nitrogens with zero attached hydrogens (tertiary/aromatic N) is 2. The van der Waals surface area contributed by atoms with Gasteiger partial charge in [0.15, 0.2) is 6.61 Å². The second-order valence-electron chi connectivity index (χ2n) is 2.63. The van der Waals surface area contributed by atoms with Crippen molar-refractivity contribution in [3.8, 4) is 11.8 Å². The summed E-state index contributed by atoms with van der Waals surface area (Å²) in [6.07, 6.45) is 0. The zero-order chi connectivity index (χ0) is 10.4. The van der Waals surface area contributed by atoms with Gasteiger partial charge in [-0.3, -0.25) is 0 Å². The van der Waals surface area contributed by atoms with E-state index >= 15 is 0 Å². The van der Waals surface area contributed by atoms with E-state index in [0.717, 1.165) is 0 Å². The first kappa shape index (κ1) is 10.1. The Kier molecular flexibility index (Phi) is 3.50. The van der Waals surface area contributed by atoms with Crippen LogP contribution in [0.4, 0.5) is 0 Å². The maximum absolute atomic E-state index is 8.61. The summed E-state index contributed by atoms with van der Waals surface area (Å²) in [6.45, 7) is 1.64. The van der Waals surface area contributed by atoms with Gasteiger partial charge in [-0.2, -0.15) is 5.26 Å². The number of oxime groups is 1. The van der Waals surface area contributed by atoms with Gasteiger partial charge in [0.1, 0.15) is 11.8 Å². The van der Waals surface area contributed by atoms with E-state index in [1.54, 1.807) is 25.1 Å². The minimum absolute atomic E-state index is 0.0181. The van der Waals surface area contributed by atoms with E-state index < -0.39 is 0 Å². The van der Waals surface area contributed by atoms with Crippen LogP contribution in [0.3, 0.4) is 0 Å². The van der Waals surface area contributed by atoms with E-state index in [0.29, 0.717) is 17.0 Å². The van der Waals surface area contributed by atoms with Crippen molar-refractivity contribution in [2.24, 2.45) is 5.16 Å². The standard InChI is InChI=1S/C10H10N2O2/c1-8(12-13)9-4-2-3-5-10(9)14-7-6-11/h2-5,13H,7H2,1H3/b12-8+. The molecule has 0 radical (unpaired) electrons. The Hall–Kier alpha value is -2.02. The molecule has 0 atom stereocenters. The third-order valence-electron chi connectivity index (χ3n) is 1.72. The molecule has 1 aromatic carbocycles. The minimum Gasteiger partial charge on any atom is -0.478 e. The van der Waals surface area contributed by atoms with Gasteiger partial charge in [0.05, 0.1) is 5.71 Å². The van der Waals surface area contributed by atoms with E-state index in [-0.39, 0.29) is 6.61 Å². The first-order valence-electron chi connectivity index (χ1n) is 4.07. The van der Waals surface area contributed by atoms with Crippen molar-refractivity contribution in [3.05, 3.63) is 29.8 Å². The Bertz CT molecular complexity index is 380. The summed E-state index contributed by atoms with van der Waals surface area (Å²) >= 11 is 0. The number of benzene rings is 1. The molecule has 72 valence electrons. The molecule has 0 unspecified atom stereocenters. The van der Waals surface area contributed by atoms with Gasteiger partial charge in [-0.25, -0.2) is 0 Å². The van der Waals surface area contributed by atoms with Crippen LogP contribution in [0.5, 0.6) is 5.75 Å². The molecule has 4 heteroatoms. The van der Waals surface area contributed by atoms with E-state index in [2.05, 4.69) is 5.16 Å². The predicted molar refractivity (Wildman–Crippen MR) is 51.5 cm³/mol. The van der Waals surface area contributed by atoms with E-state index in [1.165, 1.54) is 0 Å². The highest BCUT2D eigenvalue weighted by molar-refractivity contribution is 6.00. The number of ether oxygens (including phenoxy) is 1. The fourth-order valence-corrected chi connectivity index (χ4v) is 1.06. The zero-order valence-electron chi connectivity index (χ0n) is 7.77. The molecule has 14 heavy (non-hydrogen) atoms. The fourth-order valence-electron chi connectivity index (χ4n) is 1.06. The molecule has 0 aliphatic carbocycles.